The number of hydrogen-bond acceptors (Lipinski definition) is 7. The van der Waals surface area contributed by atoms with Crippen LogP contribution in [-0.2, 0) is 0 Å². The third-order valence-corrected chi connectivity index (χ3v) is 5.53. The Balaban J connectivity index is 1.62. The maximum atomic E-state index is 6.27. The Bertz CT molecular complexity index is 1030. The van der Waals surface area contributed by atoms with Gasteiger partial charge in [-0.2, -0.15) is 0 Å². The van der Waals surface area contributed by atoms with Crippen molar-refractivity contribution in [1.29, 1.82) is 0 Å². The highest BCUT2D eigenvalue weighted by atomic mass is 32.2. The minimum atomic E-state index is 0.520. The molecule has 124 valence electrons. The lowest BCUT2D eigenvalue weighted by atomic mass is 10.2. The molecule has 2 aromatic heterocycles. The highest BCUT2D eigenvalue weighted by Gasteiger charge is 2.12. The van der Waals surface area contributed by atoms with Crippen LogP contribution in [0.5, 0.6) is 0 Å². The number of aryl methyl sites for hydroxylation is 1. The molecule has 0 saturated heterocycles. The van der Waals surface area contributed by atoms with Crippen molar-refractivity contribution in [2.24, 2.45) is 0 Å². The predicted octanol–water partition coefficient (Wildman–Crippen LogP) is 4.87. The fourth-order valence-corrected chi connectivity index (χ4v) is 4.13. The van der Waals surface area contributed by atoms with Crippen LogP contribution >= 0.6 is 23.1 Å². The molecule has 0 fully saturated rings. The number of nitrogens with two attached hydrogens (primary N) is 1. The van der Waals surface area contributed by atoms with Crippen molar-refractivity contribution in [3.05, 3.63) is 60.4 Å². The summed E-state index contributed by atoms with van der Waals surface area (Å²) in [6.45, 7) is 2.07. The van der Waals surface area contributed by atoms with Gasteiger partial charge < -0.3 is 11.1 Å². The van der Waals surface area contributed by atoms with Crippen molar-refractivity contribution >= 4 is 50.0 Å². The van der Waals surface area contributed by atoms with E-state index in [4.69, 9.17) is 5.73 Å². The molecule has 0 bridgehead atoms. The number of benzene rings is 2. The van der Waals surface area contributed by atoms with Crippen molar-refractivity contribution in [2.45, 2.75) is 16.8 Å². The van der Waals surface area contributed by atoms with Gasteiger partial charge in [-0.25, -0.2) is 15.0 Å². The van der Waals surface area contributed by atoms with Crippen LogP contribution in [0.2, 0.25) is 0 Å². The van der Waals surface area contributed by atoms with E-state index in [1.54, 1.807) is 11.3 Å². The molecule has 4 aromatic rings. The zero-order valence-corrected chi connectivity index (χ0v) is 15.1. The van der Waals surface area contributed by atoms with Crippen LogP contribution in [0.25, 0.3) is 10.2 Å². The van der Waals surface area contributed by atoms with E-state index in [0.29, 0.717) is 11.5 Å². The summed E-state index contributed by atoms with van der Waals surface area (Å²) in [7, 11) is 0. The molecule has 0 saturated carbocycles. The zero-order valence-electron chi connectivity index (χ0n) is 13.4. The fourth-order valence-electron chi connectivity index (χ4n) is 2.35. The van der Waals surface area contributed by atoms with Gasteiger partial charge in [-0.1, -0.05) is 47.4 Å². The van der Waals surface area contributed by atoms with Crippen molar-refractivity contribution in [1.82, 2.24) is 15.0 Å². The largest absolute Gasteiger partial charge is 0.394 e. The Hall–Kier alpha value is -2.64. The first-order chi connectivity index (χ1) is 12.2. The van der Waals surface area contributed by atoms with Crippen LogP contribution in [0.3, 0.4) is 0 Å². The molecule has 3 N–H and O–H groups in total. The smallest absolute Gasteiger partial charge is 0.189 e. The van der Waals surface area contributed by atoms with E-state index in [0.717, 1.165) is 25.3 Å². The molecule has 0 spiro atoms. The summed E-state index contributed by atoms with van der Waals surface area (Å²) in [5, 5.41) is 4.71. The average molecular weight is 365 g/mol. The third-order valence-electron chi connectivity index (χ3n) is 3.57. The van der Waals surface area contributed by atoms with Gasteiger partial charge in [0, 0.05) is 4.90 Å². The first kappa shape index (κ1) is 15.9. The molecule has 4 rings (SSSR count). The molecule has 0 aliphatic rings. The van der Waals surface area contributed by atoms with Crippen molar-refractivity contribution in [2.75, 3.05) is 11.1 Å². The molecular weight excluding hydrogens is 350 g/mol. The summed E-state index contributed by atoms with van der Waals surface area (Å²) in [4.78, 5) is 14.2. The van der Waals surface area contributed by atoms with E-state index in [2.05, 4.69) is 39.3 Å². The maximum absolute atomic E-state index is 6.27. The van der Waals surface area contributed by atoms with Crippen LogP contribution in [-0.4, -0.2) is 15.0 Å². The Morgan fingerprint density at radius 2 is 1.92 bits per heavy atom. The van der Waals surface area contributed by atoms with Gasteiger partial charge in [0.1, 0.15) is 17.0 Å². The summed E-state index contributed by atoms with van der Waals surface area (Å²) in [6, 6.07) is 16.2. The summed E-state index contributed by atoms with van der Waals surface area (Å²) < 4.78 is 1.13. The van der Waals surface area contributed by atoms with E-state index in [1.807, 2.05) is 36.4 Å². The van der Waals surface area contributed by atoms with E-state index < -0.39 is 0 Å². The predicted molar refractivity (Wildman–Crippen MR) is 105 cm³/mol. The summed E-state index contributed by atoms with van der Waals surface area (Å²) in [5.41, 5.74) is 8.96. The van der Waals surface area contributed by atoms with Gasteiger partial charge in [-0.3, -0.25) is 0 Å². The van der Waals surface area contributed by atoms with Gasteiger partial charge in [-0.15, -0.1) is 0 Å². The monoisotopic (exact) mass is 365 g/mol. The van der Waals surface area contributed by atoms with Crippen molar-refractivity contribution < 1.29 is 0 Å². The Morgan fingerprint density at radius 1 is 1.08 bits per heavy atom. The summed E-state index contributed by atoms with van der Waals surface area (Å²) in [6.07, 6.45) is 1.52. The second kappa shape index (κ2) is 6.70. The first-order valence-corrected chi connectivity index (χ1v) is 9.30. The lowest BCUT2D eigenvalue weighted by Crippen LogP contribution is -2.02. The Kier molecular flexibility index (Phi) is 4.25. The van der Waals surface area contributed by atoms with Gasteiger partial charge in [0.05, 0.1) is 10.2 Å². The molecule has 0 radical (unpaired) electrons. The molecule has 0 aliphatic carbocycles. The third kappa shape index (κ3) is 3.42. The van der Waals surface area contributed by atoms with Crippen molar-refractivity contribution in [3.8, 4) is 0 Å². The number of fused-ring (bicyclic) bond motifs is 1. The first-order valence-electron chi connectivity index (χ1n) is 7.66. The fraction of sp³-hybridized carbons (Fsp3) is 0.0556. The highest BCUT2D eigenvalue weighted by molar-refractivity contribution is 7.99. The number of anilines is 3. The molecule has 7 heteroatoms. The normalized spacial score (nSPS) is 10.9. The number of nitrogens with zero attached hydrogens (tertiary/aromatic N) is 3. The summed E-state index contributed by atoms with van der Waals surface area (Å²) >= 11 is 3.09. The number of aromatic nitrogens is 3. The lowest BCUT2D eigenvalue weighted by molar-refractivity contribution is 1.06. The maximum Gasteiger partial charge on any atom is 0.189 e. The lowest BCUT2D eigenvalue weighted by Gasteiger charge is -2.08. The highest BCUT2D eigenvalue weighted by Crippen LogP contribution is 2.35. The Labute approximate surface area is 153 Å². The molecule has 0 atom stereocenters. The van der Waals surface area contributed by atoms with Crippen LogP contribution in [0, 0.1) is 6.92 Å². The van der Waals surface area contributed by atoms with Gasteiger partial charge in [-0.05, 0) is 36.8 Å². The number of nitrogen functional groups attached to an aromatic ring is 1. The quantitative estimate of drug-likeness (QED) is 0.502. The zero-order chi connectivity index (χ0) is 17.2. The van der Waals surface area contributed by atoms with Gasteiger partial charge in [0.2, 0.25) is 0 Å². The number of nitrogens with one attached hydrogen (secondary N) is 1. The van der Waals surface area contributed by atoms with Crippen LogP contribution in [0.1, 0.15) is 5.56 Å². The minimum absolute atomic E-state index is 0.520. The van der Waals surface area contributed by atoms with Crippen LogP contribution < -0.4 is 11.1 Å². The molecule has 2 aromatic carbocycles. The number of rotatable bonds is 4. The van der Waals surface area contributed by atoms with Gasteiger partial charge >= 0.3 is 0 Å². The molecule has 0 unspecified atom stereocenters. The van der Waals surface area contributed by atoms with Gasteiger partial charge in [0.15, 0.2) is 10.9 Å². The van der Waals surface area contributed by atoms with Crippen molar-refractivity contribution in [3.63, 3.8) is 0 Å². The van der Waals surface area contributed by atoms with Crippen LogP contribution in [0.15, 0.2) is 64.8 Å². The van der Waals surface area contributed by atoms with Crippen LogP contribution in [0.4, 0.5) is 16.6 Å². The Morgan fingerprint density at radius 3 is 2.76 bits per heavy atom. The second-order valence-corrected chi connectivity index (χ2v) is 7.56. The summed E-state index contributed by atoms with van der Waals surface area (Å²) in [5.74, 6) is 0.573. The average Bonchev–Trinajstić information content (AvgIpc) is 3.01. The minimum Gasteiger partial charge on any atom is -0.394 e. The molecule has 25 heavy (non-hydrogen) atoms. The van der Waals surface area contributed by atoms with Gasteiger partial charge in [0.25, 0.3) is 0 Å². The topological polar surface area (TPSA) is 76.7 Å². The molecule has 0 aliphatic heterocycles. The van der Waals surface area contributed by atoms with E-state index in [-0.39, 0.29) is 0 Å². The second-order valence-electron chi connectivity index (χ2n) is 5.47. The molecular formula is C18H15N5S2. The molecule has 2 heterocycles. The SMILES string of the molecule is Cc1ccc2nc(Nc3ncnc(Sc4ccccc4)c3N)sc2c1. The molecule has 5 nitrogen and oxygen atoms in total. The number of hydrogen-bond donors (Lipinski definition) is 2. The molecule has 0 amide bonds. The van der Waals surface area contributed by atoms with E-state index >= 15 is 0 Å². The van der Waals surface area contributed by atoms with E-state index in [9.17, 15) is 0 Å². The standard InChI is InChI=1S/C18H15N5S2/c1-11-7-8-13-14(9-11)25-18(22-13)23-16-15(19)17(21-10-20-16)24-12-5-3-2-4-6-12/h2-10H,19H2,1H3,(H,20,21,22,23). The number of thiazole rings is 1. The van der Waals surface area contributed by atoms with E-state index in [1.165, 1.54) is 23.7 Å².